The fraction of sp³-hybridized carbons (Fsp3) is 0.278. The van der Waals surface area contributed by atoms with Crippen LogP contribution in [0.15, 0.2) is 42.5 Å². The number of hydrogen-bond donors (Lipinski definition) is 2. The molecular formula is C18H21ClN2OS. The molecule has 23 heavy (non-hydrogen) atoms. The summed E-state index contributed by atoms with van der Waals surface area (Å²) in [5.41, 5.74) is 3.27. The average Bonchev–Trinajstić information content (AvgIpc) is 2.51. The Labute approximate surface area is 148 Å². The first-order valence-electron chi connectivity index (χ1n) is 7.48. The van der Waals surface area contributed by atoms with E-state index in [1.54, 1.807) is 0 Å². The maximum atomic E-state index is 6.10. The summed E-state index contributed by atoms with van der Waals surface area (Å²) < 4.78 is 5.80. The molecule has 0 aliphatic rings. The molecular weight excluding hydrogens is 328 g/mol. The molecule has 2 N–H and O–H groups in total. The van der Waals surface area contributed by atoms with E-state index in [1.165, 1.54) is 11.1 Å². The quantitative estimate of drug-likeness (QED) is 0.766. The van der Waals surface area contributed by atoms with Crippen LogP contribution in [0, 0.1) is 13.8 Å². The third kappa shape index (κ3) is 5.41. The second kappa shape index (κ2) is 8.18. The molecule has 0 bridgehead atoms. The third-order valence-electron chi connectivity index (χ3n) is 3.48. The van der Waals surface area contributed by atoms with Gasteiger partial charge in [0.2, 0.25) is 0 Å². The van der Waals surface area contributed by atoms with E-state index in [9.17, 15) is 0 Å². The fourth-order valence-electron chi connectivity index (χ4n) is 2.01. The van der Waals surface area contributed by atoms with Gasteiger partial charge in [0.05, 0.1) is 16.8 Å². The van der Waals surface area contributed by atoms with Gasteiger partial charge >= 0.3 is 0 Å². The Morgan fingerprint density at radius 3 is 2.61 bits per heavy atom. The Morgan fingerprint density at radius 2 is 1.91 bits per heavy atom. The lowest BCUT2D eigenvalue weighted by atomic mass is 10.1. The fourth-order valence-corrected chi connectivity index (χ4v) is 2.51. The van der Waals surface area contributed by atoms with Crippen molar-refractivity contribution in [3.63, 3.8) is 0 Å². The molecule has 0 aliphatic carbocycles. The Balaban J connectivity index is 1.82. The third-order valence-corrected chi connectivity index (χ3v) is 4.03. The van der Waals surface area contributed by atoms with E-state index < -0.39 is 0 Å². The maximum Gasteiger partial charge on any atom is 0.171 e. The zero-order valence-corrected chi connectivity index (χ0v) is 15.1. The lowest BCUT2D eigenvalue weighted by Gasteiger charge is -2.18. The largest absolute Gasteiger partial charge is 0.491 e. The van der Waals surface area contributed by atoms with Gasteiger partial charge in [-0.3, -0.25) is 0 Å². The number of nitrogens with one attached hydrogen (secondary N) is 2. The summed E-state index contributed by atoms with van der Waals surface area (Å²) in [6.07, 6.45) is 0. The van der Waals surface area contributed by atoms with E-state index in [4.69, 9.17) is 28.6 Å². The molecule has 122 valence electrons. The Bertz CT molecular complexity index is 690. The molecule has 0 heterocycles. The minimum Gasteiger partial charge on any atom is -0.491 e. The zero-order chi connectivity index (χ0) is 16.8. The summed E-state index contributed by atoms with van der Waals surface area (Å²) >= 11 is 11.4. The minimum atomic E-state index is 0.0686. The van der Waals surface area contributed by atoms with Gasteiger partial charge < -0.3 is 15.4 Å². The van der Waals surface area contributed by atoms with E-state index in [2.05, 4.69) is 30.5 Å². The SMILES string of the molecule is Cc1ccc(OC[C@H](C)NC(=S)Nc2ccccc2Cl)cc1C. The number of rotatable bonds is 5. The highest BCUT2D eigenvalue weighted by Crippen LogP contribution is 2.20. The standard InChI is InChI=1S/C18H21ClN2OS/c1-12-8-9-15(10-13(12)2)22-11-14(3)20-18(23)21-17-7-5-4-6-16(17)19/h4-10,14H,11H2,1-3H3,(H2,20,21,23)/t14-/m0/s1. The van der Waals surface area contributed by atoms with Crippen molar-refractivity contribution in [2.24, 2.45) is 0 Å². The first-order chi connectivity index (χ1) is 11.0. The summed E-state index contributed by atoms with van der Waals surface area (Å²) in [7, 11) is 0. The van der Waals surface area contributed by atoms with E-state index in [0.29, 0.717) is 16.7 Å². The summed E-state index contributed by atoms with van der Waals surface area (Å²) in [5.74, 6) is 0.867. The van der Waals surface area contributed by atoms with Crippen molar-refractivity contribution in [1.82, 2.24) is 5.32 Å². The predicted octanol–water partition coefficient (Wildman–Crippen LogP) is 4.71. The van der Waals surface area contributed by atoms with Crippen LogP contribution >= 0.6 is 23.8 Å². The molecule has 3 nitrogen and oxygen atoms in total. The zero-order valence-electron chi connectivity index (χ0n) is 13.5. The first kappa shape index (κ1) is 17.6. The number of aryl methyl sites for hydroxylation is 2. The van der Waals surface area contributed by atoms with Crippen LogP contribution in [0.1, 0.15) is 18.1 Å². The molecule has 5 heteroatoms. The molecule has 1 atom stereocenters. The normalized spacial score (nSPS) is 11.7. The van der Waals surface area contributed by atoms with Crippen LogP contribution in [0.4, 0.5) is 5.69 Å². The molecule has 0 unspecified atom stereocenters. The second-order valence-electron chi connectivity index (χ2n) is 5.54. The van der Waals surface area contributed by atoms with Gasteiger partial charge in [0.1, 0.15) is 12.4 Å². The topological polar surface area (TPSA) is 33.3 Å². The van der Waals surface area contributed by atoms with Crippen LogP contribution in [0.5, 0.6) is 5.75 Å². The van der Waals surface area contributed by atoms with Gasteiger partial charge in [-0.25, -0.2) is 0 Å². The lowest BCUT2D eigenvalue weighted by Crippen LogP contribution is -2.39. The molecule has 2 aromatic rings. The number of anilines is 1. The molecule has 0 saturated carbocycles. The first-order valence-corrected chi connectivity index (χ1v) is 8.26. The summed E-state index contributed by atoms with van der Waals surface area (Å²) in [6, 6.07) is 13.6. The minimum absolute atomic E-state index is 0.0686. The Hall–Kier alpha value is -1.78. The van der Waals surface area contributed by atoms with Gasteiger partial charge in [-0.1, -0.05) is 29.8 Å². The molecule has 2 rings (SSSR count). The molecule has 0 aliphatic heterocycles. The van der Waals surface area contributed by atoms with Gasteiger partial charge in [0.15, 0.2) is 5.11 Å². The molecule has 0 spiro atoms. The highest BCUT2D eigenvalue weighted by Gasteiger charge is 2.07. The van der Waals surface area contributed by atoms with Gasteiger partial charge in [-0.15, -0.1) is 0 Å². The van der Waals surface area contributed by atoms with Crippen LogP contribution in [-0.2, 0) is 0 Å². The maximum absolute atomic E-state index is 6.10. The Kier molecular flexibility index (Phi) is 6.25. The van der Waals surface area contributed by atoms with Crippen molar-refractivity contribution < 1.29 is 4.74 Å². The number of para-hydroxylation sites is 1. The lowest BCUT2D eigenvalue weighted by molar-refractivity contribution is 0.287. The van der Waals surface area contributed by atoms with Crippen molar-refractivity contribution in [2.75, 3.05) is 11.9 Å². The molecule has 0 aromatic heterocycles. The second-order valence-corrected chi connectivity index (χ2v) is 6.35. The predicted molar refractivity (Wildman–Crippen MR) is 102 cm³/mol. The van der Waals surface area contributed by atoms with Gasteiger partial charge in [0, 0.05) is 0 Å². The van der Waals surface area contributed by atoms with Gasteiger partial charge in [0.25, 0.3) is 0 Å². The highest BCUT2D eigenvalue weighted by atomic mass is 35.5. The van der Waals surface area contributed by atoms with Crippen molar-refractivity contribution in [2.45, 2.75) is 26.8 Å². The summed E-state index contributed by atoms with van der Waals surface area (Å²) in [4.78, 5) is 0. The van der Waals surface area contributed by atoms with Crippen LogP contribution in [0.25, 0.3) is 0 Å². The van der Waals surface area contributed by atoms with Gasteiger partial charge in [-0.2, -0.15) is 0 Å². The van der Waals surface area contributed by atoms with Crippen molar-refractivity contribution in [3.8, 4) is 5.75 Å². The monoisotopic (exact) mass is 348 g/mol. The van der Waals surface area contributed by atoms with Crippen LogP contribution in [0.2, 0.25) is 5.02 Å². The van der Waals surface area contributed by atoms with Crippen molar-refractivity contribution >= 4 is 34.6 Å². The molecule has 0 fully saturated rings. The van der Waals surface area contributed by atoms with E-state index in [0.717, 1.165) is 11.4 Å². The average molecular weight is 349 g/mol. The van der Waals surface area contributed by atoms with Gasteiger partial charge in [-0.05, 0) is 68.4 Å². The number of ether oxygens (including phenoxy) is 1. The van der Waals surface area contributed by atoms with Crippen LogP contribution in [0.3, 0.4) is 0 Å². The number of halogens is 1. The Morgan fingerprint density at radius 1 is 1.17 bits per heavy atom. The van der Waals surface area contributed by atoms with Crippen LogP contribution in [-0.4, -0.2) is 17.8 Å². The summed E-state index contributed by atoms with van der Waals surface area (Å²) in [6.45, 7) is 6.70. The molecule has 0 saturated heterocycles. The smallest absolute Gasteiger partial charge is 0.171 e. The molecule has 0 amide bonds. The van der Waals surface area contributed by atoms with Crippen LogP contribution < -0.4 is 15.4 Å². The van der Waals surface area contributed by atoms with E-state index in [-0.39, 0.29) is 6.04 Å². The van der Waals surface area contributed by atoms with Crippen molar-refractivity contribution in [1.29, 1.82) is 0 Å². The van der Waals surface area contributed by atoms with Crippen molar-refractivity contribution in [3.05, 3.63) is 58.6 Å². The summed E-state index contributed by atoms with van der Waals surface area (Å²) in [5, 5.41) is 7.43. The van der Waals surface area contributed by atoms with E-state index in [1.807, 2.05) is 43.3 Å². The molecule has 2 aromatic carbocycles. The number of hydrogen-bond acceptors (Lipinski definition) is 2. The van der Waals surface area contributed by atoms with E-state index >= 15 is 0 Å². The number of thiocarbonyl (C=S) groups is 1. The highest BCUT2D eigenvalue weighted by molar-refractivity contribution is 7.80. The number of benzene rings is 2. The molecule has 0 radical (unpaired) electrons.